The van der Waals surface area contributed by atoms with E-state index in [9.17, 15) is 9.59 Å². The largest absolute Gasteiger partial charge is 0.461 e. The molecule has 0 atom stereocenters. The maximum absolute atomic E-state index is 12.2. The van der Waals surface area contributed by atoms with Crippen LogP contribution in [0.1, 0.15) is 40.8 Å². The van der Waals surface area contributed by atoms with E-state index in [1.807, 2.05) is 48.9 Å². The highest BCUT2D eigenvalue weighted by Gasteiger charge is 2.13. The van der Waals surface area contributed by atoms with Crippen LogP contribution in [-0.4, -0.2) is 33.2 Å². The minimum atomic E-state index is -0.484. The van der Waals surface area contributed by atoms with Crippen molar-refractivity contribution in [2.45, 2.75) is 33.6 Å². The molecule has 0 radical (unpaired) electrons. The van der Waals surface area contributed by atoms with Crippen LogP contribution in [-0.2, 0) is 16.0 Å². The van der Waals surface area contributed by atoms with Crippen LogP contribution in [0.2, 0.25) is 0 Å². The van der Waals surface area contributed by atoms with Gasteiger partial charge in [-0.15, -0.1) is 11.3 Å². The normalized spacial score (nSPS) is 10.7. The number of ether oxygens (including phenoxy) is 1. The summed E-state index contributed by atoms with van der Waals surface area (Å²) in [5.41, 5.74) is 4.32. The summed E-state index contributed by atoms with van der Waals surface area (Å²) in [5.74, 6) is -0.630. The number of carbonyl (C=O) groups excluding carboxylic acids is 2. The number of benzene rings is 1. The van der Waals surface area contributed by atoms with Crippen molar-refractivity contribution < 1.29 is 14.3 Å². The number of nitrogens with zero attached hydrogens (tertiary/aromatic N) is 3. The van der Waals surface area contributed by atoms with Crippen LogP contribution < -0.4 is 5.32 Å². The Morgan fingerprint density at radius 2 is 1.96 bits per heavy atom. The van der Waals surface area contributed by atoms with Gasteiger partial charge < -0.3 is 10.1 Å². The van der Waals surface area contributed by atoms with Gasteiger partial charge in [0.25, 0.3) is 0 Å². The lowest BCUT2D eigenvalue weighted by atomic mass is 10.1. The minimum absolute atomic E-state index is 0.146. The molecule has 7 nitrogen and oxygen atoms in total. The second-order valence-electron chi connectivity index (χ2n) is 6.31. The lowest BCUT2D eigenvalue weighted by Gasteiger charge is -2.06. The third-order valence-electron chi connectivity index (χ3n) is 4.07. The zero-order valence-electron chi connectivity index (χ0n) is 16.1. The highest BCUT2D eigenvalue weighted by molar-refractivity contribution is 7.14. The van der Waals surface area contributed by atoms with E-state index in [0.717, 1.165) is 22.6 Å². The van der Waals surface area contributed by atoms with Crippen LogP contribution in [0.25, 0.3) is 5.69 Å². The lowest BCUT2D eigenvalue weighted by Crippen LogP contribution is -2.13. The van der Waals surface area contributed by atoms with Gasteiger partial charge in [-0.3, -0.25) is 4.79 Å². The van der Waals surface area contributed by atoms with Crippen molar-refractivity contribution >= 4 is 28.3 Å². The molecule has 3 aromatic rings. The standard InChI is InChI=1S/C20H22N4O3S/c1-4-27-19(26)17-12-28-20(21-17)22-18(25)10-7-15-5-8-16(9-6-15)24-14(3)11-13(2)23-24/h5-6,8-9,11-12H,4,7,10H2,1-3H3,(H,21,22,25). The molecule has 2 aromatic heterocycles. The Balaban J connectivity index is 1.53. The van der Waals surface area contributed by atoms with E-state index in [0.29, 0.717) is 18.0 Å². The number of hydrogen-bond acceptors (Lipinski definition) is 6. The van der Waals surface area contributed by atoms with Crippen LogP contribution in [0, 0.1) is 13.8 Å². The smallest absolute Gasteiger partial charge is 0.357 e. The molecular weight excluding hydrogens is 376 g/mol. The summed E-state index contributed by atoms with van der Waals surface area (Å²) in [7, 11) is 0. The number of esters is 1. The van der Waals surface area contributed by atoms with Gasteiger partial charge in [0.1, 0.15) is 0 Å². The van der Waals surface area contributed by atoms with Crippen molar-refractivity contribution in [3.8, 4) is 5.69 Å². The first kappa shape index (κ1) is 19.8. The average Bonchev–Trinajstić information content (AvgIpc) is 3.27. The summed E-state index contributed by atoms with van der Waals surface area (Å²) in [4.78, 5) is 27.8. The molecule has 0 saturated carbocycles. The van der Waals surface area contributed by atoms with Gasteiger partial charge in [-0.25, -0.2) is 14.5 Å². The van der Waals surface area contributed by atoms with E-state index in [1.165, 1.54) is 11.3 Å². The molecule has 0 aliphatic carbocycles. The van der Waals surface area contributed by atoms with Crippen molar-refractivity contribution in [1.29, 1.82) is 0 Å². The van der Waals surface area contributed by atoms with Crippen molar-refractivity contribution in [1.82, 2.24) is 14.8 Å². The molecule has 8 heteroatoms. The Hall–Kier alpha value is -3.00. The van der Waals surface area contributed by atoms with Gasteiger partial charge in [0.2, 0.25) is 5.91 Å². The van der Waals surface area contributed by atoms with Crippen molar-refractivity contribution in [2.75, 3.05) is 11.9 Å². The van der Waals surface area contributed by atoms with Gasteiger partial charge in [-0.05, 0) is 51.0 Å². The highest BCUT2D eigenvalue weighted by Crippen LogP contribution is 2.17. The number of carbonyl (C=O) groups is 2. The molecular formula is C20H22N4O3S. The Morgan fingerprint density at radius 1 is 1.21 bits per heavy atom. The summed E-state index contributed by atoms with van der Waals surface area (Å²) in [6.45, 7) is 6.01. The number of nitrogens with one attached hydrogen (secondary N) is 1. The molecule has 2 heterocycles. The molecule has 0 aliphatic heterocycles. The first-order chi connectivity index (χ1) is 13.5. The number of anilines is 1. The highest BCUT2D eigenvalue weighted by atomic mass is 32.1. The molecule has 0 saturated heterocycles. The average molecular weight is 398 g/mol. The Bertz CT molecular complexity index is 976. The molecule has 1 amide bonds. The van der Waals surface area contributed by atoms with E-state index < -0.39 is 5.97 Å². The Kier molecular flexibility index (Phi) is 6.20. The first-order valence-electron chi connectivity index (χ1n) is 9.01. The van der Waals surface area contributed by atoms with Gasteiger partial charge in [0.05, 0.1) is 18.0 Å². The summed E-state index contributed by atoms with van der Waals surface area (Å²) in [6.07, 6.45) is 0.937. The third-order valence-corrected chi connectivity index (χ3v) is 4.82. The van der Waals surface area contributed by atoms with Gasteiger partial charge in [-0.2, -0.15) is 5.10 Å². The van der Waals surface area contributed by atoms with Crippen molar-refractivity contribution in [3.63, 3.8) is 0 Å². The fourth-order valence-electron chi connectivity index (χ4n) is 2.76. The predicted octanol–water partition coefficient (Wildman–Crippen LogP) is 3.69. The number of hydrogen-bond donors (Lipinski definition) is 1. The maximum atomic E-state index is 12.2. The van der Waals surface area contributed by atoms with Gasteiger partial charge >= 0.3 is 5.97 Å². The zero-order chi connectivity index (χ0) is 20.1. The van der Waals surface area contributed by atoms with Crippen molar-refractivity contribution in [2.24, 2.45) is 0 Å². The number of aryl methyl sites for hydroxylation is 3. The fourth-order valence-corrected chi connectivity index (χ4v) is 3.46. The van der Waals surface area contributed by atoms with Crippen LogP contribution in [0.4, 0.5) is 5.13 Å². The topological polar surface area (TPSA) is 86.1 Å². The zero-order valence-corrected chi connectivity index (χ0v) is 16.9. The van der Waals surface area contributed by atoms with E-state index >= 15 is 0 Å². The molecule has 146 valence electrons. The molecule has 0 unspecified atom stereocenters. The second-order valence-corrected chi connectivity index (χ2v) is 7.17. The van der Waals surface area contributed by atoms with Crippen LogP contribution in [0.3, 0.4) is 0 Å². The third kappa shape index (κ3) is 4.83. The number of rotatable bonds is 7. The van der Waals surface area contributed by atoms with Crippen LogP contribution >= 0.6 is 11.3 Å². The summed E-state index contributed by atoms with van der Waals surface area (Å²) >= 11 is 1.20. The maximum Gasteiger partial charge on any atom is 0.357 e. The fraction of sp³-hybridized carbons (Fsp3) is 0.300. The molecule has 1 aromatic carbocycles. The molecule has 0 fully saturated rings. The van der Waals surface area contributed by atoms with Crippen LogP contribution in [0.5, 0.6) is 0 Å². The predicted molar refractivity (Wildman–Crippen MR) is 108 cm³/mol. The van der Waals surface area contributed by atoms with E-state index in [4.69, 9.17) is 4.74 Å². The second kappa shape index (κ2) is 8.79. The van der Waals surface area contributed by atoms with Crippen LogP contribution in [0.15, 0.2) is 35.7 Å². The van der Waals surface area contributed by atoms with Gasteiger partial charge in [-0.1, -0.05) is 12.1 Å². The molecule has 0 bridgehead atoms. The summed E-state index contributed by atoms with van der Waals surface area (Å²) in [6, 6.07) is 10.0. The Morgan fingerprint density at radius 3 is 2.61 bits per heavy atom. The minimum Gasteiger partial charge on any atom is -0.461 e. The van der Waals surface area contributed by atoms with Gasteiger partial charge in [0.15, 0.2) is 10.8 Å². The molecule has 3 rings (SSSR count). The Labute approximate surface area is 167 Å². The number of thiazole rings is 1. The summed E-state index contributed by atoms with van der Waals surface area (Å²) in [5, 5.41) is 9.17. The van der Waals surface area contributed by atoms with Crippen molar-refractivity contribution in [3.05, 3.63) is 58.4 Å². The molecule has 0 spiro atoms. The molecule has 1 N–H and O–H groups in total. The molecule has 0 aliphatic rings. The van der Waals surface area contributed by atoms with E-state index in [1.54, 1.807) is 12.3 Å². The van der Waals surface area contributed by atoms with E-state index in [-0.39, 0.29) is 18.2 Å². The molecule has 28 heavy (non-hydrogen) atoms. The number of amides is 1. The quantitative estimate of drug-likeness (QED) is 0.614. The SMILES string of the molecule is CCOC(=O)c1csc(NC(=O)CCc2ccc(-n3nc(C)cc3C)cc2)n1. The number of aromatic nitrogens is 3. The monoisotopic (exact) mass is 398 g/mol. The first-order valence-corrected chi connectivity index (χ1v) is 9.89. The van der Waals surface area contributed by atoms with Gasteiger partial charge in [0, 0.05) is 17.5 Å². The van der Waals surface area contributed by atoms with E-state index in [2.05, 4.69) is 15.4 Å². The lowest BCUT2D eigenvalue weighted by molar-refractivity contribution is -0.116. The summed E-state index contributed by atoms with van der Waals surface area (Å²) < 4.78 is 6.79.